The molecule has 0 saturated carbocycles. The summed E-state index contributed by atoms with van der Waals surface area (Å²) >= 11 is 0. The Morgan fingerprint density at radius 3 is 2.75 bits per heavy atom. The lowest BCUT2D eigenvalue weighted by molar-refractivity contribution is -0.119. The molecule has 2 atom stereocenters. The number of carbonyl (C=O) groups excluding carboxylic acids is 1. The van der Waals surface area contributed by atoms with E-state index in [-0.39, 0.29) is 17.8 Å². The normalized spacial score (nSPS) is 19.5. The first-order valence-electron chi connectivity index (χ1n) is 6.74. The third-order valence-corrected chi connectivity index (χ3v) is 3.35. The van der Waals surface area contributed by atoms with Crippen LogP contribution in [0.3, 0.4) is 0 Å². The topological polar surface area (TPSA) is 44.8 Å². The number of rotatable bonds is 6. The van der Waals surface area contributed by atoms with Crippen molar-refractivity contribution >= 4 is 5.78 Å². The summed E-state index contributed by atoms with van der Waals surface area (Å²) in [6.07, 6.45) is 3.31. The highest BCUT2D eigenvalue weighted by Gasteiger charge is 2.23. The molecule has 0 N–H and O–H groups in total. The zero-order valence-corrected chi connectivity index (χ0v) is 11.9. The lowest BCUT2D eigenvalue weighted by Gasteiger charge is -2.24. The van der Waals surface area contributed by atoms with Crippen LogP contribution in [0.25, 0.3) is 0 Å². The van der Waals surface area contributed by atoms with Crippen molar-refractivity contribution in [2.45, 2.75) is 26.1 Å². The van der Waals surface area contributed by atoms with Gasteiger partial charge in [0.15, 0.2) is 5.78 Å². The van der Waals surface area contributed by atoms with Gasteiger partial charge >= 0.3 is 0 Å². The number of carbonyl (C=O) groups is 1. The van der Waals surface area contributed by atoms with E-state index in [1.807, 2.05) is 31.2 Å². The number of hydrogen-bond acceptors (Lipinski definition) is 4. The van der Waals surface area contributed by atoms with Gasteiger partial charge in [0.1, 0.15) is 11.9 Å². The summed E-state index contributed by atoms with van der Waals surface area (Å²) in [6.45, 7) is 3.15. The minimum atomic E-state index is -0.0802. The molecule has 0 spiro atoms. The minimum absolute atomic E-state index is 0.0802. The maximum Gasteiger partial charge on any atom is 0.162 e. The van der Waals surface area contributed by atoms with Crippen LogP contribution >= 0.6 is 0 Å². The number of benzene rings is 1. The van der Waals surface area contributed by atoms with Gasteiger partial charge in [-0.25, -0.2) is 0 Å². The summed E-state index contributed by atoms with van der Waals surface area (Å²) < 4.78 is 16.2. The summed E-state index contributed by atoms with van der Waals surface area (Å²) in [6, 6.07) is 7.78. The maximum absolute atomic E-state index is 11.3. The van der Waals surface area contributed by atoms with Gasteiger partial charge in [-0.05, 0) is 17.7 Å². The maximum atomic E-state index is 11.3. The quantitative estimate of drug-likeness (QED) is 0.801. The van der Waals surface area contributed by atoms with E-state index >= 15 is 0 Å². The summed E-state index contributed by atoms with van der Waals surface area (Å²) in [5.41, 5.74) is 1.10. The van der Waals surface area contributed by atoms with E-state index in [0.29, 0.717) is 19.6 Å². The standard InChI is InChI=1S/C16H20O4/c1-12(16-9-14(17)7-8-20-16)10-19-11-13-3-5-15(18-2)6-4-13/h3-8,12,16H,9-11H2,1-2H3/t12-,16?/m0/s1. The Morgan fingerprint density at radius 1 is 1.35 bits per heavy atom. The van der Waals surface area contributed by atoms with Crippen LogP contribution in [-0.4, -0.2) is 25.6 Å². The fraction of sp³-hybridized carbons (Fsp3) is 0.438. The Kier molecular flexibility index (Phi) is 5.18. The SMILES string of the molecule is COc1ccc(COC[C@H](C)C2CC(=O)C=CO2)cc1. The van der Waals surface area contributed by atoms with Gasteiger partial charge in [-0.2, -0.15) is 0 Å². The molecule has 0 fully saturated rings. The lowest BCUT2D eigenvalue weighted by Crippen LogP contribution is -2.28. The molecule has 2 rings (SSSR count). The highest BCUT2D eigenvalue weighted by molar-refractivity contribution is 5.90. The molecule has 4 heteroatoms. The molecule has 0 radical (unpaired) electrons. The van der Waals surface area contributed by atoms with Crippen LogP contribution in [0.5, 0.6) is 5.75 Å². The molecule has 1 aromatic rings. The molecule has 20 heavy (non-hydrogen) atoms. The van der Waals surface area contributed by atoms with Crippen LogP contribution in [0.4, 0.5) is 0 Å². The van der Waals surface area contributed by atoms with Crippen LogP contribution in [0.15, 0.2) is 36.6 Å². The van der Waals surface area contributed by atoms with Crippen molar-refractivity contribution in [3.05, 3.63) is 42.2 Å². The number of ether oxygens (including phenoxy) is 3. The molecule has 0 aliphatic carbocycles. The Hall–Kier alpha value is -1.81. The first-order chi connectivity index (χ1) is 9.69. The van der Waals surface area contributed by atoms with E-state index in [9.17, 15) is 4.79 Å². The van der Waals surface area contributed by atoms with Crippen LogP contribution in [0, 0.1) is 5.92 Å². The predicted octanol–water partition coefficient (Wildman–Crippen LogP) is 2.72. The van der Waals surface area contributed by atoms with Crippen molar-refractivity contribution in [2.24, 2.45) is 5.92 Å². The Morgan fingerprint density at radius 2 is 2.10 bits per heavy atom. The Labute approximate surface area is 119 Å². The average Bonchev–Trinajstić information content (AvgIpc) is 2.48. The highest BCUT2D eigenvalue weighted by atomic mass is 16.5. The summed E-state index contributed by atoms with van der Waals surface area (Å²) in [5.74, 6) is 1.13. The highest BCUT2D eigenvalue weighted by Crippen LogP contribution is 2.18. The second kappa shape index (κ2) is 7.10. The third-order valence-electron chi connectivity index (χ3n) is 3.35. The van der Waals surface area contributed by atoms with Crippen molar-refractivity contribution in [1.29, 1.82) is 0 Å². The van der Waals surface area contributed by atoms with Crippen LogP contribution in [-0.2, 0) is 20.9 Å². The van der Waals surface area contributed by atoms with Gasteiger partial charge in [-0.3, -0.25) is 4.79 Å². The molecular weight excluding hydrogens is 256 g/mol. The van der Waals surface area contributed by atoms with Gasteiger partial charge in [0.2, 0.25) is 0 Å². The van der Waals surface area contributed by atoms with E-state index in [2.05, 4.69) is 0 Å². The fourth-order valence-electron chi connectivity index (χ4n) is 2.06. The van der Waals surface area contributed by atoms with Gasteiger partial charge in [-0.15, -0.1) is 0 Å². The monoisotopic (exact) mass is 276 g/mol. The minimum Gasteiger partial charge on any atom is -0.497 e. The number of ketones is 1. The second-order valence-electron chi connectivity index (χ2n) is 4.99. The fourth-order valence-corrected chi connectivity index (χ4v) is 2.06. The number of methoxy groups -OCH3 is 1. The predicted molar refractivity (Wildman–Crippen MR) is 75.5 cm³/mol. The summed E-state index contributed by atoms with van der Waals surface area (Å²) in [5, 5.41) is 0. The molecule has 0 aromatic heterocycles. The Balaban J connectivity index is 1.74. The van der Waals surface area contributed by atoms with E-state index < -0.39 is 0 Å². The average molecular weight is 276 g/mol. The van der Waals surface area contributed by atoms with Crippen molar-refractivity contribution in [1.82, 2.24) is 0 Å². The second-order valence-corrected chi connectivity index (χ2v) is 4.99. The Bertz CT molecular complexity index is 464. The molecule has 1 aliphatic heterocycles. The van der Waals surface area contributed by atoms with Crippen molar-refractivity contribution < 1.29 is 19.0 Å². The molecule has 1 aliphatic rings. The largest absolute Gasteiger partial charge is 0.497 e. The van der Waals surface area contributed by atoms with Gasteiger partial charge in [0.05, 0.1) is 26.6 Å². The summed E-state index contributed by atoms with van der Waals surface area (Å²) in [4.78, 5) is 11.3. The molecule has 0 bridgehead atoms. The van der Waals surface area contributed by atoms with E-state index in [0.717, 1.165) is 11.3 Å². The molecule has 1 unspecified atom stereocenters. The van der Waals surface area contributed by atoms with E-state index in [4.69, 9.17) is 14.2 Å². The first-order valence-corrected chi connectivity index (χ1v) is 6.74. The lowest BCUT2D eigenvalue weighted by atomic mass is 9.99. The summed E-state index contributed by atoms with van der Waals surface area (Å²) in [7, 11) is 1.65. The molecule has 1 aromatic carbocycles. The van der Waals surface area contributed by atoms with Crippen molar-refractivity contribution in [2.75, 3.05) is 13.7 Å². The van der Waals surface area contributed by atoms with Gasteiger partial charge in [0.25, 0.3) is 0 Å². The third kappa shape index (κ3) is 4.10. The molecule has 4 nitrogen and oxygen atoms in total. The zero-order valence-electron chi connectivity index (χ0n) is 11.9. The van der Waals surface area contributed by atoms with Crippen LogP contribution < -0.4 is 4.74 Å². The van der Waals surface area contributed by atoms with Gasteiger partial charge in [0, 0.05) is 18.4 Å². The molecule has 0 amide bonds. The zero-order chi connectivity index (χ0) is 14.4. The van der Waals surface area contributed by atoms with Crippen molar-refractivity contribution in [3.63, 3.8) is 0 Å². The van der Waals surface area contributed by atoms with Gasteiger partial charge < -0.3 is 14.2 Å². The van der Waals surface area contributed by atoms with Gasteiger partial charge in [-0.1, -0.05) is 19.1 Å². The smallest absolute Gasteiger partial charge is 0.162 e. The molecule has 1 heterocycles. The number of allylic oxidation sites excluding steroid dienone is 1. The van der Waals surface area contributed by atoms with Crippen LogP contribution in [0.2, 0.25) is 0 Å². The van der Waals surface area contributed by atoms with Crippen LogP contribution in [0.1, 0.15) is 18.9 Å². The molecular formula is C16H20O4. The number of hydrogen-bond donors (Lipinski definition) is 0. The van der Waals surface area contributed by atoms with E-state index in [1.165, 1.54) is 12.3 Å². The first kappa shape index (κ1) is 14.6. The molecule has 0 saturated heterocycles. The van der Waals surface area contributed by atoms with E-state index in [1.54, 1.807) is 7.11 Å². The molecule has 108 valence electrons. The van der Waals surface area contributed by atoms with Crippen molar-refractivity contribution in [3.8, 4) is 5.75 Å².